The summed E-state index contributed by atoms with van der Waals surface area (Å²) in [5.41, 5.74) is 4.45. The van der Waals surface area contributed by atoms with Gasteiger partial charge in [0, 0.05) is 28.0 Å². The standard InChI is InChI=1S/C19H16BrNO/c1-14-17(11-21-12-18(14)20)16-9-5-6-10-19(16)22-13-15-7-3-2-4-8-15/h2-12H,13H2,1H3. The number of hydrogen-bond donors (Lipinski definition) is 0. The molecule has 1 heterocycles. The molecule has 0 fully saturated rings. The van der Waals surface area contributed by atoms with E-state index in [1.54, 1.807) is 0 Å². The molecule has 3 rings (SSSR count). The highest BCUT2D eigenvalue weighted by Crippen LogP contribution is 2.34. The Hall–Kier alpha value is -2.13. The third kappa shape index (κ3) is 3.20. The molecule has 3 heteroatoms. The van der Waals surface area contributed by atoms with Crippen LogP contribution in [0.25, 0.3) is 11.1 Å². The maximum absolute atomic E-state index is 6.03. The smallest absolute Gasteiger partial charge is 0.127 e. The second kappa shape index (κ2) is 6.75. The second-order valence-electron chi connectivity index (χ2n) is 5.06. The van der Waals surface area contributed by atoms with Crippen molar-refractivity contribution in [1.29, 1.82) is 0 Å². The molecule has 110 valence electrons. The number of ether oxygens (including phenoxy) is 1. The second-order valence-corrected chi connectivity index (χ2v) is 5.92. The van der Waals surface area contributed by atoms with E-state index in [-0.39, 0.29) is 0 Å². The van der Waals surface area contributed by atoms with Crippen molar-refractivity contribution < 1.29 is 4.74 Å². The van der Waals surface area contributed by atoms with E-state index < -0.39 is 0 Å². The fourth-order valence-electron chi connectivity index (χ4n) is 2.32. The number of aromatic nitrogens is 1. The monoisotopic (exact) mass is 353 g/mol. The Morgan fingerprint density at radius 2 is 1.64 bits per heavy atom. The Labute approximate surface area is 138 Å². The summed E-state index contributed by atoms with van der Waals surface area (Å²) < 4.78 is 7.03. The first-order chi connectivity index (χ1) is 10.8. The minimum Gasteiger partial charge on any atom is -0.488 e. The number of nitrogens with zero attached hydrogens (tertiary/aromatic N) is 1. The maximum Gasteiger partial charge on any atom is 0.127 e. The Morgan fingerprint density at radius 1 is 0.909 bits per heavy atom. The molecule has 2 nitrogen and oxygen atoms in total. The van der Waals surface area contributed by atoms with Crippen LogP contribution in [-0.4, -0.2) is 4.98 Å². The van der Waals surface area contributed by atoms with Gasteiger partial charge < -0.3 is 4.74 Å². The summed E-state index contributed by atoms with van der Waals surface area (Å²) in [5.74, 6) is 0.870. The first kappa shape index (κ1) is 14.8. The molecule has 0 atom stereocenters. The van der Waals surface area contributed by atoms with Gasteiger partial charge >= 0.3 is 0 Å². The largest absolute Gasteiger partial charge is 0.488 e. The number of halogens is 1. The van der Waals surface area contributed by atoms with Crippen LogP contribution in [0.15, 0.2) is 71.5 Å². The van der Waals surface area contributed by atoms with E-state index in [2.05, 4.69) is 46.0 Å². The zero-order chi connectivity index (χ0) is 15.4. The van der Waals surface area contributed by atoms with Gasteiger partial charge in [-0.25, -0.2) is 0 Å². The van der Waals surface area contributed by atoms with E-state index >= 15 is 0 Å². The van der Waals surface area contributed by atoms with Crippen LogP contribution >= 0.6 is 15.9 Å². The molecule has 0 spiro atoms. The molecule has 0 radical (unpaired) electrons. The van der Waals surface area contributed by atoms with E-state index in [0.29, 0.717) is 6.61 Å². The molecule has 1 aromatic heterocycles. The first-order valence-corrected chi connectivity index (χ1v) is 7.91. The highest BCUT2D eigenvalue weighted by Gasteiger charge is 2.10. The van der Waals surface area contributed by atoms with Crippen molar-refractivity contribution >= 4 is 15.9 Å². The average molecular weight is 354 g/mol. The number of hydrogen-bond acceptors (Lipinski definition) is 2. The fraction of sp³-hybridized carbons (Fsp3) is 0.105. The van der Waals surface area contributed by atoms with Crippen molar-refractivity contribution in [3.8, 4) is 16.9 Å². The van der Waals surface area contributed by atoms with E-state index in [9.17, 15) is 0 Å². The lowest BCUT2D eigenvalue weighted by Gasteiger charge is -2.13. The van der Waals surface area contributed by atoms with Crippen LogP contribution in [-0.2, 0) is 6.61 Å². The third-order valence-corrected chi connectivity index (χ3v) is 4.37. The van der Waals surface area contributed by atoms with Gasteiger partial charge in [-0.1, -0.05) is 48.5 Å². The molecular weight excluding hydrogens is 338 g/mol. The number of pyridine rings is 1. The normalized spacial score (nSPS) is 10.5. The summed E-state index contributed by atoms with van der Waals surface area (Å²) in [5, 5.41) is 0. The molecular formula is C19H16BrNO. The zero-order valence-electron chi connectivity index (χ0n) is 12.3. The van der Waals surface area contributed by atoms with Crippen LogP contribution in [0.1, 0.15) is 11.1 Å². The van der Waals surface area contributed by atoms with Gasteiger partial charge in [0.25, 0.3) is 0 Å². The summed E-state index contributed by atoms with van der Waals surface area (Å²) in [6, 6.07) is 18.3. The summed E-state index contributed by atoms with van der Waals surface area (Å²) in [4.78, 5) is 4.28. The molecule has 0 bridgehead atoms. The molecule has 0 aliphatic carbocycles. The van der Waals surface area contributed by atoms with Crippen molar-refractivity contribution in [1.82, 2.24) is 4.98 Å². The topological polar surface area (TPSA) is 22.1 Å². The molecule has 0 aliphatic rings. The number of benzene rings is 2. The van der Waals surface area contributed by atoms with Crippen LogP contribution in [0, 0.1) is 6.92 Å². The Balaban J connectivity index is 1.92. The molecule has 0 saturated heterocycles. The van der Waals surface area contributed by atoms with Gasteiger partial charge in [0.1, 0.15) is 12.4 Å². The quantitative estimate of drug-likeness (QED) is 0.626. The van der Waals surface area contributed by atoms with Gasteiger partial charge in [0.05, 0.1) is 0 Å². The van der Waals surface area contributed by atoms with Crippen LogP contribution < -0.4 is 4.74 Å². The van der Waals surface area contributed by atoms with Crippen molar-refractivity contribution in [2.45, 2.75) is 13.5 Å². The summed E-state index contributed by atoms with van der Waals surface area (Å²) >= 11 is 3.54. The van der Waals surface area contributed by atoms with E-state index in [1.165, 1.54) is 0 Å². The highest BCUT2D eigenvalue weighted by atomic mass is 79.9. The van der Waals surface area contributed by atoms with Gasteiger partial charge in [0.15, 0.2) is 0 Å². The Morgan fingerprint density at radius 3 is 2.45 bits per heavy atom. The summed E-state index contributed by atoms with van der Waals surface area (Å²) in [6.45, 7) is 2.63. The average Bonchev–Trinajstić information content (AvgIpc) is 2.57. The molecule has 0 saturated carbocycles. The van der Waals surface area contributed by atoms with Crippen LogP contribution in [0.5, 0.6) is 5.75 Å². The van der Waals surface area contributed by atoms with Crippen LogP contribution in [0.3, 0.4) is 0 Å². The Bertz CT molecular complexity index is 771. The molecule has 0 N–H and O–H groups in total. The summed E-state index contributed by atoms with van der Waals surface area (Å²) in [6.07, 6.45) is 3.69. The third-order valence-electron chi connectivity index (χ3n) is 3.57. The highest BCUT2D eigenvalue weighted by molar-refractivity contribution is 9.10. The molecule has 0 amide bonds. The van der Waals surface area contributed by atoms with Crippen LogP contribution in [0.4, 0.5) is 0 Å². The minimum absolute atomic E-state index is 0.554. The van der Waals surface area contributed by atoms with Crippen molar-refractivity contribution in [3.05, 3.63) is 82.6 Å². The van der Waals surface area contributed by atoms with Gasteiger partial charge in [0.2, 0.25) is 0 Å². The van der Waals surface area contributed by atoms with Gasteiger partial charge in [-0.15, -0.1) is 0 Å². The maximum atomic E-state index is 6.03. The van der Waals surface area contributed by atoms with E-state index in [4.69, 9.17) is 4.74 Å². The lowest BCUT2D eigenvalue weighted by molar-refractivity contribution is 0.307. The number of para-hydroxylation sites is 1. The van der Waals surface area contributed by atoms with Crippen molar-refractivity contribution in [3.63, 3.8) is 0 Å². The molecule has 22 heavy (non-hydrogen) atoms. The van der Waals surface area contributed by atoms with Gasteiger partial charge in [-0.3, -0.25) is 4.98 Å². The lowest BCUT2D eigenvalue weighted by Crippen LogP contribution is -1.97. The number of rotatable bonds is 4. The fourth-order valence-corrected chi connectivity index (χ4v) is 2.65. The van der Waals surface area contributed by atoms with Crippen molar-refractivity contribution in [2.75, 3.05) is 0 Å². The Kier molecular flexibility index (Phi) is 4.54. The van der Waals surface area contributed by atoms with Crippen molar-refractivity contribution in [2.24, 2.45) is 0 Å². The molecule has 3 aromatic rings. The van der Waals surface area contributed by atoms with Gasteiger partial charge in [-0.2, -0.15) is 0 Å². The lowest BCUT2D eigenvalue weighted by atomic mass is 10.0. The van der Waals surface area contributed by atoms with E-state index in [0.717, 1.165) is 32.5 Å². The first-order valence-electron chi connectivity index (χ1n) is 7.12. The van der Waals surface area contributed by atoms with Crippen LogP contribution in [0.2, 0.25) is 0 Å². The van der Waals surface area contributed by atoms with E-state index in [1.807, 2.05) is 48.8 Å². The van der Waals surface area contributed by atoms with Gasteiger partial charge in [-0.05, 0) is 40.0 Å². The molecule has 2 aromatic carbocycles. The molecule has 0 unspecified atom stereocenters. The SMILES string of the molecule is Cc1c(Br)cncc1-c1ccccc1OCc1ccccc1. The zero-order valence-corrected chi connectivity index (χ0v) is 13.9. The predicted octanol–water partition coefficient (Wildman–Crippen LogP) is 5.40. The predicted molar refractivity (Wildman–Crippen MR) is 92.9 cm³/mol. The molecule has 0 aliphatic heterocycles. The minimum atomic E-state index is 0.554. The summed E-state index contributed by atoms with van der Waals surface area (Å²) in [7, 11) is 0.